The molecule has 0 saturated carbocycles. The monoisotopic (exact) mass is 804 g/mol. The van der Waals surface area contributed by atoms with Crippen molar-refractivity contribution in [1.29, 1.82) is 0 Å². The third-order valence-electron chi connectivity index (χ3n) is 9.49. The van der Waals surface area contributed by atoms with Gasteiger partial charge >= 0.3 is 22.7 Å². The maximum atomic E-state index is 11.4. The largest absolute Gasteiger partial charge is 0.390 e. The highest BCUT2D eigenvalue weighted by molar-refractivity contribution is 7.74. The van der Waals surface area contributed by atoms with Gasteiger partial charge < -0.3 is 74.0 Å². The Balaban J connectivity index is 1.48. The van der Waals surface area contributed by atoms with Crippen LogP contribution in [-0.4, -0.2) is 183 Å². The summed E-state index contributed by atoms with van der Waals surface area (Å²) in [6.07, 6.45) is -23.7. The lowest BCUT2D eigenvalue weighted by Gasteiger charge is -2.46. The summed E-state index contributed by atoms with van der Waals surface area (Å²) < 4.78 is 88.6. The van der Waals surface area contributed by atoms with Crippen molar-refractivity contribution in [3.63, 3.8) is 0 Å². The topological polar surface area (TPSA) is 338 Å². The standard InChI is InChI=1S/C27H48O23S2/c1-8-15(28)12(17(30)24(35)43-8)5-40-25-18(31)13(22(10(3)45-25)47-49-51(36)37)6-41-26-19(32)14(23(11(4)46-26)48-50-52(38)39)7-42-27-21(34)20(33)16(29)9(2)44-27/h8-35H,5-7H2,1-4H3,(H,36,37)(H,38,39)/t8?,9?,10?,11?,12-,13+,14+,15+,16+,17?,18?,19?,20-,21?,22+,23+,24+,25+,26+,27+/m0/s1. The van der Waals surface area contributed by atoms with Crippen LogP contribution in [0.3, 0.4) is 0 Å². The highest BCUT2D eigenvalue weighted by atomic mass is 32.2. The molecule has 0 aromatic heterocycles. The molecular formula is C27H48O23S2. The number of hydrogen-bond donors (Lipinski definition) is 10. The van der Waals surface area contributed by atoms with Crippen molar-refractivity contribution in [1.82, 2.24) is 0 Å². The van der Waals surface area contributed by atoms with Gasteiger partial charge in [0, 0.05) is 17.8 Å². The van der Waals surface area contributed by atoms with Crippen molar-refractivity contribution in [2.24, 2.45) is 17.8 Å². The zero-order chi connectivity index (χ0) is 38.6. The summed E-state index contributed by atoms with van der Waals surface area (Å²) in [7, 11) is 0. The predicted octanol–water partition coefficient (Wildman–Crippen LogP) is -4.71. The van der Waals surface area contributed by atoms with Crippen LogP contribution in [0, 0.1) is 17.8 Å². The van der Waals surface area contributed by atoms with Crippen molar-refractivity contribution < 1.29 is 110 Å². The fourth-order valence-electron chi connectivity index (χ4n) is 6.46. The Hall–Kier alpha value is -0.540. The first-order valence-electron chi connectivity index (χ1n) is 16.2. The molecule has 4 aliphatic heterocycles. The minimum Gasteiger partial charge on any atom is -0.390 e. The van der Waals surface area contributed by atoms with E-state index in [0.717, 1.165) is 0 Å². The van der Waals surface area contributed by atoms with Crippen molar-refractivity contribution >= 4 is 22.7 Å². The molecule has 4 rings (SSSR count). The van der Waals surface area contributed by atoms with Gasteiger partial charge in [0.15, 0.2) is 25.2 Å². The average Bonchev–Trinajstić information content (AvgIpc) is 3.08. The molecular weight excluding hydrogens is 756 g/mol. The van der Waals surface area contributed by atoms with Gasteiger partial charge in [-0.15, -0.1) is 8.67 Å². The second-order valence-corrected chi connectivity index (χ2v) is 14.1. The van der Waals surface area contributed by atoms with E-state index in [0.29, 0.717) is 0 Å². The van der Waals surface area contributed by atoms with E-state index < -0.39 is 165 Å². The molecule has 0 radical (unpaired) electrons. The van der Waals surface area contributed by atoms with Crippen molar-refractivity contribution in [2.75, 3.05) is 19.8 Å². The Morgan fingerprint density at radius 1 is 0.462 bits per heavy atom. The Bertz CT molecular complexity index is 1150. The Labute approximate surface area is 302 Å². The maximum absolute atomic E-state index is 11.4. The minimum absolute atomic E-state index is 0.433. The molecule has 22 atom stereocenters. The molecule has 4 heterocycles. The summed E-state index contributed by atoms with van der Waals surface area (Å²) in [5.41, 5.74) is 0. The van der Waals surface area contributed by atoms with Crippen LogP contribution in [0.15, 0.2) is 0 Å². The second kappa shape index (κ2) is 19.6. The van der Waals surface area contributed by atoms with E-state index >= 15 is 0 Å². The molecule has 10 unspecified atom stereocenters. The summed E-state index contributed by atoms with van der Waals surface area (Å²) in [5, 5.41) is 84.1. The van der Waals surface area contributed by atoms with E-state index in [1.54, 1.807) is 0 Å². The number of aliphatic hydroxyl groups excluding tert-OH is 8. The number of aliphatic hydroxyl groups is 8. The lowest BCUT2D eigenvalue weighted by molar-refractivity contribution is -0.372. The van der Waals surface area contributed by atoms with Gasteiger partial charge in [-0.3, -0.25) is 9.11 Å². The summed E-state index contributed by atoms with van der Waals surface area (Å²) in [4.78, 5) is 10.1. The molecule has 25 heteroatoms. The molecule has 0 amide bonds. The quantitative estimate of drug-likeness (QED) is 0.0422. The molecule has 0 spiro atoms. The second-order valence-electron chi connectivity index (χ2n) is 13.0. The molecule has 52 heavy (non-hydrogen) atoms. The SMILES string of the molecule is CC1O[C@@H](OC[C@@H]2C(O)[C@H](OC[C@@H]3C(O)[C@H](OC[C@@H]4C(O)[C@H](O)OC(C)[C@H]4O)OC(C)[C@H]3OOS(=O)O)OC(C)[C@H]2OOS(=O)O)C(O)[C@@H](O)[C@@H]1O. The van der Waals surface area contributed by atoms with Crippen LogP contribution in [-0.2, 0) is 74.3 Å². The van der Waals surface area contributed by atoms with Crippen LogP contribution in [0.4, 0.5) is 0 Å². The Kier molecular flexibility index (Phi) is 16.6. The highest BCUT2D eigenvalue weighted by Gasteiger charge is 2.51. The predicted molar refractivity (Wildman–Crippen MR) is 163 cm³/mol. The van der Waals surface area contributed by atoms with Crippen LogP contribution in [0.1, 0.15) is 27.7 Å². The maximum Gasteiger partial charge on any atom is 0.331 e. The fraction of sp³-hybridized carbons (Fsp3) is 1.00. The van der Waals surface area contributed by atoms with Gasteiger partial charge in [0.2, 0.25) is 0 Å². The van der Waals surface area contributed by atoms with Gasteiger partial charge in [0.1, 0.15) is 48.8 Å². The van der Waals surface area contributed by atoms with E-state index in [2.05, 4.69) is 8.67 Å². The number of ether oxygens (including phenoxy) is 7. The molecule has 4 fully saturated rings. The molecule has 4 saturated heterocycles. The van der Waals surface area contributed by atoms with E-state index in [4.69, 9.17) is 52.0 Å². The first kappa shape index (κ1) is 44.2. The van der Waals surface area contributed by atoms with Crippen LogP contribution in [0.5, 0.6) is 0 Å². The van der Waals surface area contributed by atoms with Gasteiger partial charge in [-0.25, -0.2) is 9.78 Å². The zero-order valence-corrected chi connectivity index (χ0v) is 29.9. The number of hydrogen-bond acceptors (Lipinski definition) is 21. The van der Waals surface area contributed by atoms with Crippen molar-refractivity contribution in [3.8, 4) is 0 Å². The normalized spacial score (nSPS) is 48.7. The van der Waals surface area contributed by atoms with Crippen LogP contribution < -0.4 is 0 Å². The van der Waals surface area contributed by atoms with E-state index in [1.807, 2.05) is 0 Å². The summed E-state index contributed by atoms with van der Waals surface area (Å²) in [5.74, 6) is -3.51. The molecule has 0 bridgehead atoms. The molecule has 306 valence electrons. The number of rotatable bonds is 15. The first-order chi connectivity index (χ1) is 24.4. The summed E-state index contributed by atoms with van der Waals surface area (Å²) in [6.45, 7) is 4.27. The highest BCUT2D eigenvalue weighted by Crippen LogP contribution is 2.35. The van der Waals surface area contributed by atoms with Gasteiger partial charge in [-0.05, 0) is 27.7 Å². The van der Waals surface area contributed by atoms with Gasteiger partial charge in [-0.1, -0.05) is 0 Å². The summed E-state index contributed by atoms with van der Waals surface area (Å²) >= 11 is -5.81. The van der Waals surface area contributed by atoms with Gasteiger partial charge in [0.25, 0.3) is 0 Å². The summed E-state index contributed by atoms with van der Waals surface area (Å²) in [6, 6.07) is 0. The van der Waals surface area contributed by atoms with E-state index in [9.17, 15) is 49.3 Å². The third-order valence-corrected chi connectivity index (χ3v) is 9.88. The molecule has 0 aromatic rings. The van der Waals surface area contributed by atoms with Crippen molar-refractivity contribution in [2.45, 2.75) is 132 Å². The van der Waals surface area contributed by atoms with Crippen LogP contribution in [0.2, 0.25) is 0 Å². The zero-order valence-electron chi connectivity index (χ0n) is 28.3. The molecule has 4 aliphatic rings. The average molecular weight is 805 g/mol. The molecule has 0 aliphatic carbocycles. The van der Waals surface area contributed by atoms with Crippen LogP contribution >= 0.6 is 0 Å². The first-order valence-corrected chi connectivity index (χ1v) is 18.3. The van der Waals surface area contributed by atoms with Gasteiger partial charge in [0.05, 0.1) is 50.3 Å². The Morgan fingerprint density at radius 2 is 0.846 bits per heavy atom. The molecule has 10 N–H and O–H groups in total. The van der Waals surface area contributed by atoms with E-state index in [1.165, 1.54) is 27.7 Å². The molecule has 0 aromatic carbocycles. The fourth-order valence-corrected chi connectivity index (χ4v) is 6.77. The lowest BCUT2D eigenvalue weighted by Crippen LogP contribution is -2.60. The minimum atomic E-state index is -2.91. The van der Waals surface area contributed by atoms with E-state index in [-0.39, 0.29) is 0 Å². The Morgan fingerprint density at radius 3 is 1.29 bits per heavy atom. The third kappa shape index (κ3) is 10.6. The van der Waals surface area contributed by atoms with Gasteiger partial charge in [-0.2, -0.15) is 8.42 Å². The lowest BCUT2D eigenvalue weighted by atomic mass is 9.88. The van der Waals surface area contributed by atoms with Crippen molar-refractivity contribution in [3.05, 3.63) is 0 Å². The smallest absolute Gasteiger partial charge is 0.331 e. The molecule has 23 nitrogen and oxygen atoms in total. The van der Waals surface area contributed by atoms with Crippen LogP contribution in [0.25, 0.3) is 0 Å².